The van der Waals surface area contributed by atoms with Crippen LogP contribution in [-0.4, -0.2) is 23.0 Å². The second-order valence-electron chi connectivity index (χ2n) is 5.04. The largest absolute Gasteiger partial charge is 0.480 e. The van der Waals surface area contributed by atoms with Crippen LogP contribution in [0.1, 0.15) is 21.5 Å². The summed E-state index contributed by atoms with van der Waals surface area (Å²) in [5, 5.41) is 20.8. The maximum atomic E-state index is 12.3. The normalized spacial score (nSPS) is 11.4. The third-order valence-electron chi connectivity index (χ3n) is 3.22. The van der Waals surface area contributed by atoms with Crippen molar-refractivity contribution in [2.24, 2.45) is 0 Å². The number of halogens is 2. The van der Waals surface area contributed by atoms with E-state index in [0.717, 1.165) is 0 Å². The highest BCUT2D eigenvalue weighted by Crippen LogP contribution is 2.20. The molecule has 0 aliphatic heterocycles. The Hall–Kier alpha value is -2.17. The Morgan fingerprint density at radius 3 is 2.42 bits per heavy atom. The van der Waals surface area contributed by atoms with Crippen LogP contribution < -0.4 is 5.32 Å². The number of nitrogens with zero attached hydrogens (tertiary/aromatic N) is 1. The summed E-state index contributed by atoms with van der Waals surface area (Å²) in [5.74, 6) is -1.62. The molecule has 5 nitrogen and oxygen atoms in total. The standard InChI is InChI=1S/C17H12Br2N2O3/c18-13-6-12(7-14(19)8-13)16(22)21-15(17(23)24)5-10-2-1-3-11(4-10)9-20/h1-4,6-8,15H,5H2,(H,21,22)(H,23,24)/t15-/m0/s1. The van der Waals surface area contributed by atoms with Gasteiger partial charge in [-0.1, -0.05) is 44.0 Å². The van der Waals surface area contributed by atoms with E-state index in [1.165, 1.54) is 0 Å². The molecule has 0 aliphatic carbocycles. The van der Waals surface area contributed by atoms with Gasteiger partial charge in [-0.2, -0.15) is 5.26 Å². The van der Waals surface area contributed by atoms with Crippen molar-refractivity contribution in [3.63, 3.8) is 0 Å². The van der Waals surface area contributed by atoms with Crippen LogP contribution >= 0.6 is 31.9 Å². The molecule has 0 fully saturated rings. The zero-order valence-corrected chi connectivity index (χ0v) is 15.5. The zero-order chi connectivity index (χ0) is 17.7. The quantitative estimate of drug-likeness (QED) is 0.727. The van der Waals surface area contributed by atoms with Gasteiger partial charge in [0.2, 0.25) is 0 Å². The van der Waals surface area contributed by atoms with Gasteiger partial charge in [-0.05, 0) is 35.9 Å². The highest BCUT2D eigenvalue weighted by molar-refractivity contribution is 9.11. The number of carboxylic acids is 1. The molecule has 2 aromatic rings. The minimum absolute atomic E-state index is 0.0891. The molecule has 0 heterocycles. The number of carboxylic acid groups (broad SMARTS) is 1. The second-order valence-corrected chi connectivity index (χ2v) is 6.87. The van der Waals surface area contributed by atoms with Crippen molar-refractivity contribution in [3.8, 4) is 6.07 Å². The Bertz CT molecular complexity index is 811. The first-order valence-corrected chi connectivity index (χ1v) is 8.46. The zero-order valence-electron chi connectivity index (χ0n) is 12.3. The monoisotopic (exact) mass is 450 g/mol. The van der Waals surface area contributed by atoms with Crippen molar-refractivity contribution in [2.45, 2.75) is 12.5 Å². The Kier molecular flexibility index (Phi) is 6.12. The molecule has 24 heavy (non-hydrogen) atoms. The molecule has 2 aromatic carbocycles. The highest BCUT2D eigenvalue weighted by Gasteiger charge is 2.21. The first-order chi connectivity index (χ1) is 11.4. The number of hydrogen-bond acceptors (Lipinski definition) is 3. The Morgan fingerprint density at radius 1 is 1.17 bits per heavy atom. The van der Waals surface area contributed by atoms with Crippen LogP contribution in [0.2, 0.25) is 0 Å². The topological polar surface area (TPSA) is 90.2 Å². The van der Waals surface area contributed by atoms with Gasteiger partial charge in [-0.15, -0.1) is 0 Å². The van der Waals surface area contributed by atoms with Crippen molar-refractivity contribution in [3.05, 3.63) is 68.1 Å². The molecular weight excluding hydrogens is 440 g/mol. The van der Waals surface area contributed by atoms with E-state index in [9.17, 15) is 14.7 Å². The van der Waals surface area contributed by atoms with Gasteiger partial charge < -0.3 is 10.4 Å². The van der Waals surface area contributed by atoms with Gasteiger partial charge in [0.15, 0.2) is 0 Å². The molecule has 0 aromatic heterocycles. The van der Waals surface area contributed by atoms with Crippen LogP contribution in [0.25, 0.3) is 0 Å². The minimum atomic E-state index is -1.14. The molecule has 2 rings (SSSR count). The maximum absolute atomic E-state index is 12.3. The van der Waals surface area contributed by atoms with E-state index in [0.29, 0.717) is 25.6 Å². The molecule has 0 radical (unpaired) electrons. The first-order valence-electron chi connectivity index (χ1n) is 6.88. The van der Waals surface area contributed by atoms with Crippen molar-refractivity contribution < 1.29 is 14.7 Å². The lowest BCUT2D eigenvalue weighted by Crippen LogP contribution is -2.42. The molecule has 1 amide bonds. The van der Waals surface area contributed by atoms with Gasteiger partial charge in [0, 0.05) is 20.9 Å². The summed E-state index contributed by atoms with van der Waals surface area (Å²) in [6.45, 7) is 0. The Labute approximate surface area is 155 Å². The SMILES string of the molecule is N#Cc1cccc(C[C@H](NC(=O)c2cc(Br)cc(Br)c2)C(=O)O)c1. The molecule has 7 heteroatoms. The molecular formula is C17H12Br2N2O3. The number of amides is 1. The molecule has 0 unspecified atom stereocenters. The summed E-state index contributed by atoms with van der Waals surface area (Å²) >= 11 is 6.58. The number of nitrogens with one attached hydrogen (secondary N) is 1. The smallest absolute Gasteiger partial charge is 0.326 e. The molecule has 0 saturated heterocycles. The number of carbonyl (C=O) groups is 2. The van der Waals surface area contributed by atoms with Gasteiger partial charge >= 0.3 is 5.97 Å². The number of aliphatic carboxylic acids is 1. The summed E-state index contributed by atoms with van der Waals surface area (Å²) in [6, 6.07) is 12.5. The number of nitriles is 1. The summed E-state index contributed by atoms with van der Waals surface area (Å²) in [6.07, 6.45) is 0.0891. The molecule has 0 spiro atoms. The predicted octanol–water partition coefficient (Wildman–Crippen LogP) is 3.51. The van der Waals surface area contributed by atoms with Crippen molar-refractivity contribution in [1.82, 2.24) is 5.32 Å². The molecule has 122 valence electrons. The van der Waals surface area contributed by atoms with E-state index >= 15 is 0 Å². The van der Waals surface area contributed by atoms with E-state index in [1.807, 2.05) is 6.07 Å². The highest BCUT2D eigenvalue weighted by atomic mass is 79.9. The number of hydrogen-bond donors (Lipinski definition) is 2. The molecule has 1 atom stereocenters. The van der Waals surface area contributed by atoms with Gasteiger partial charge in [0.1, 0.15) is 6.04 Å². The molecule has 0 aliphatic rings. The van der Waals surface area contributed by atoms with Crippen LogP contribution in [-0.2, 0) is 11.2 Å². The summed E-state index contributed by atoms with van der Waals surface area (Å²) in [7, 11) is 0. The number of benzene rings is 2. The number of rotatable bonds is 5. The molecule has 2 N–H and O–H groups in total. The van der Waals surface area contributed by atoms with Crippen molar-refractivity contribution in [1.29, 1.82) is 5.26 Å². The summed E-state index contributed by atoms with van der Waals surface area (Å²) in [5.41, 5.74) is 1.45. The van der Waals surface area contributed by atoms with E-state index < -0.39 is 17.9 Å². The van der Waals surface area contributed by atoms with Gasteiger partial charge in [0.25, 0.3) is 5.91 Å². The fraction of sp³-hybridized carbons (Fsp3) is 0.118. The average Bonchev–Trinajstić information content (AvgIpc) is 2.53. The maximum Gasteiger partial charge on any atom is 0.326 e. The summed E-state index contributed by atoms with van der Waals surface area (Å²) in [4.78, 5) is 23.8. The van der Waals surface area contributed by atoms with Crippen LogP contribution in [0.15, 0.2) is 51.4 Å². The average molecular weight is 452 g/mol. The third kappa shape index (κ3) is 4.91. The number of carbonyl (C=O) groups excluding carboxylic acids is 1. The molecule has 0 saturated carbocycles. The van der Waals surface area contributed by atoms with E-state index in [1.54, 1.807) is 42.5 Å². The predicted molar refractivity (Wildman–Crippen MR) is 95.6 cm³/mol. The van der Waals surface area contributed by atoms with E-state index in [2.05, 4.69) is 37.2 Å². The van der Waals surface area contributed by atoms with Crippen molar-refractivity contribution >= 4 is 43.7 Å². The fourth-order valence-corrected chi connectivity index (χ4v) is 3.42. The third-order valence-corrected chi connectivity index (χ3v) is 4.14. The van der Waals surface area contributed by atoms with E-state index in [-0.39, 0.29) is 6.42 Å². The van der Waals surface area contributed by atoms with Crippen LogP contribution in [0.3, 0.4) is 0 Å². The van der Waals surface area contributed by atoms with Gasteiger partial charge in [0.05, 0.1) is 11.6 Å². The fourth-order valence-electron chi connectivity index (χ4n) is 2.13. The second kappa shape index (κ2) is 8.08. The lowest BCUT2D eigenvalue weighted by Gasteiger charge is -2.15. The van der Waals surface area contributed by atoms with Crippen molar-refractivity contribution in [2.75, 3.05) is 0 Å². The van der Waals surface area contributed by atoms with Crippen LogP contribution in [0, 0.1) is 11.3 Å². The molecule has 0 bridgehead atoms. The summed E-state index contributed by atoms with van der Waals surface area (Å²) < 4.78 is 1.41. The van der Waals surface area contributed by atoms with E-state index in [4.69, 9.17) is 5.26 Å². The lowest BCUT2D eigenvalue weighted by molar-refractivity contribution is -0.139. The lowest BCUT2D eigenvalue weighted by atomic mass is 10.0. The van der Waals surface area contributed by atoms with Crippen LogP contribution in [0.5, 0.6) is 0 Å². The Morgan fingerprint density at radius 2 is 1.83 bits per heavy atom. The minimum Gasteiger partial charge on any atom is -0.480 e. The van der Waals surface area contributed by atoms with Crippen LogP contribution in [0.4, 0.5) is 0 Å². The first kappa shape index (κ1) is 18.2. The van der Waals surface area contributed by atoms with Gasteiger partial charge in [-0.25, -0.2) is 4.79 Å². The van der Waals surface area contributed by atoms with Gasteiger partial charge in [-0.3, -0.25) is 4.79 Å². The Balaban J connectivity index is 2.17.